The average Bonchev–Trinajstić information content (AvgIpc) is 2.75. The van der Waals surface area contributed by atoms with Gasteiger partial charge in [-0.2, -0.15) is 0 Å². The summed E-state index contributed by atoms with van der Waals surface area (Å²) in [5.74, 6) is 0. The van der Waals surface area contributed by atoms with Crippen LogP contribution in [0.4, 0.5) is 0 Å². The van der Waals surface area contributed by atoms with E-state index in [4.69, 9.17) is 23.2 Å². The summed E-state index contributed by atoms with van der Waals surface area (Å²) in [5.41, 5.74) is 1.87. The van der Waals surface area contributed by atoms with Crippen molar-refractivity contribution in [3.05, 3.63) is 56.2 Å². The Bertz CT molecular complexity index is 529. The fourth-order valence-electron chi connectivity index (χ4n) is 1.84. The third kappa shape index (κ3) is 3.94. The summed E-state index contributed by atoms with van der Waals surface area (Å²) in [6.45, 7) is 2.47. The van der Waals surface area contributed by atoms with Gasteiger partial charge in [0.25, 0.3) is 0 Å². The Kier molecular flexibility index (Phi) is 5.25. The molecule has 0 saturated carbocycles. The van der Waals surface area contributed by atoms with Gasteiger partial charge in [-0.05, 0) is 24.1 Å². The Morgan fingerprint density at radius 3 is 2.53 bits per heavy atom. The van der Waals surface area contributed by atoms with E-state index in [1.54, 1.807) is 0 Å². The van der Waals surface area contributed by atoms with E-state index in [-0.39, 0.29) is 6.04 Å². The van der Waals surface area contributed by atoms with Crippen molar-refractivity contribution in [3.63, 3.8) is 0 Å². The molecule has 0 bridgehead atoms. The van der Waals surface area contributed by atoms with Gasteiger partial charge >= 0.3 is 0 Å². The van der Waals surface area contributed by atoms with Crippen LogP contribution in [0.25, 0.3) is 0 Å². The van der Waals surface area contributed by atoms with Gasteiger partial charge in [-0.1, -0.05) is 53.5 Å². The Morgan fingerprint density at radius 1 is 1.26 bits per heavy atom. The molecule has 102 valence electrons. The molecular formula is C14H15Cl2NOS. The standard InChI is InChI=1S/C14H15Cl2NOS/c1-9(11-7-13(15)19-14(11)16)17-8-12(18)10-5-3-2-4-6-10/h2-7,9,12,17-18H,8H2,1H3. The van der Waals surface area contributed by atoms with E-state index < -0.39 is 6.10 Å². The molecule has 0 fully saturated rings. The molecular weight excluding hydrogens is 301 g/mol. The molecule has 2 aromatic rings. The molecule has 1 aromatic carbocycles. The number of nitrogens with one attached hydrogen (secondary N) is 1. The van der Waals surface area contributed by atoms with Gasteiger partial charge in [0.15, 0.2) is 0 Å². The van der Waals surface area contributed by atoms with Crippen LogP contribution in [0.5, 0.6) is 0 Å². The highest BCUT2D eigenvalue weighted by Gasteiger charge is 2.15. The van der Waals surface area contributed by atoms with Gasteiger partial charge in [0.1, 0.15) is 0 Å². The third-order valence-corrected chi connectivity index (χ3v) is 4.47. The summed E-state index contributed by atoms with van der Waals surface area (Å²) in [6, 6.07) is 11.5. The van der Waals surface area contributed by atoms with Crippen LogP contribution in [0.15, 0.2) is 36.4 Å². The van der Waals surface area contributed by atoms with Crippen LogP contribution in [0.1, 0.15) is 30.2 Å². The van der Waals surface area contributed by atoms with Crippen molar-refractivity contribution in [2.45, 2.75) is 19.1 Å². The highest BCUT2D eigenvalue weighted by Crippen LogP contribution is 2.34. The van der Waals surface area contributed by atoms with Crippen molar-refractivity contribution >= 4 is 34.5 Å². The number of hydrogen-bond acceptors (Lipinski definition) is 3. The van der Waals surface area contributed by atoms with E-state index in [0.29, 0.717) is 15.2 Å². The quantitative estimate of drug-likeness (QED) is 0.855. The summed E-state index contributed by atoms with van der Waals surface area (Å²) in [6.07, 6.45) is -0.531. The van der Waals surface area contributed by atoms with Gasteiger partial charge < -0.3 is 10.4 Å². The Labute approximate surface area is 127 Å². The third-order valence-electron chi connectivity index (χ3n) is 2.95. The van der Waals surface area contributed by atoms with Crippen molar-refractivity contribution in [2.24, 2.45) is 0 Å². The minimum absolute atomic E-state index is 0.0506. The van der Waals surface area contributed by atoms with Crippen LogP contribution in [-0.4, -0.2) is 11.7 Å². The smallest absolute Gasteiger partial charge is 0.0991 e. The maximum Gasteiger partial charge on any atom is 0.0991 e. The zero-order valence-electron chi connectivity index (χ0n) is 10.4. The molecule has 0 amide bonds. The molecule has 1 aromatic heterocycles. The van der Waals surface area contributed by atoms with Crippen molar-refractivity contribution in [1.29, 1.82) is 0 Å². The average molecular weight is 316 g/mol. The monoisotopic (exact) mass is 315 g/mol. The molecule has 2 N–H and O–H groups in total. The van der Waals surface area contributed by atoms with Crippen molar-refractivity contribution < 1.29 is 5.11 Å². The first-order chi connectivity index (χ1) is 9.08. The molecule has 19 heavy (non-hydrogen) atoms. The first-order valence-corrected chi connectivity index (χ1v) is 7.56. The largest absolute Gasteiger partial charge is 0.387 e. The number of aliphatic hydroxyl groups excluding tert-OH is 1. The predicted octanol–water partition coefficient (Wildman–Crippen LogP) is 4.44. The van der Waals surface area contributed by atoms with Gasteiger partial charge in [-0.3, -0.25) is 0 Å². The molecule has 2 unspecified atom stereocenters. The lowest BCUT2D eigenvalue weighted by atomic mass is 10.1. The first kappa shape index (κ1) is 14.8. The van der Waals surface area contributed by atoms with Gasteiger partial charge in [0.2, 0.25) is 0 Å². The zero-order valence-corrected chi connectivity index (χ0v) is 12.8. The first-order valence-electron chi connectivity index (χ1n) is 5.99. The molecule has 2 atom stereocenters. The van der Waals surface area contributed by atoms with Crippen LogP contribution >= 0.6 is 34.5 Å². The molecule has 0 spiro atoms. The number of rotatable bonds is 5. The molecule has 2 nitrogen and oxygen atoms in total. The highest BCUT2D eigenvalue weighted by atomic mass is 35.5. The lowest BCUT2D eigenvalue weighted by Gasteiger charge is -2.17. The normalized spacial score (nSPS) is 14.3. The van der Waals surface area contributed by atoms with Crippen molar-refractivity contribution in [2.75, 3.05) is 6.54 Å². The molecule has 5 heteroatoms. The second-order valence-electron chi connectivity index (χ2n) is 4.34. The van der Waals surface area contributed by atoms with E-state index in [1.807, 2.05) is 43.3 Å². The van der Waals surface area contributed by atoms with Gasteiger partial charge in [0.05, 0.1) is 14.8 Å². The zero-order chi connectivity index (χ0) is 13.8. The predicted molar refractivity (Wildman–Crippen MR) is 82.2 cm³/mol. The topological polar surface area (TPSA) is 32.3 Å². The van der Waals surface area contributed by atoms with Crippen LogP contribution in [0.3, 0.4) is 0 Å². The minimum atomic E-state index is -0.531. The molecule has 0 radical (unpaired) electrons. The fourth-order valence-corrected chi connectivity index (χ4v) is 3.49. The molecule has 0 saturated heterocycles. The van der Waals surface area contributed by atoms with E-state index in [9.17, 15) is 5.11 Å². The summed E-state index contributed by atoms with van der Waals surface area (Å²) in [5, 5.41) is 13.3. The lowest BCUT2D eigenvalue weighted by Crippen LogP contribution is -2.24. The number of aliphatic hydroxyl groups is 1. The van der Waals surface area contributed by atoms with Crippen LogP contribution in [0.2, 0.25) is 8.67 Å². The second-order valence-corrected chi connectivity index (χ2v) is 6.62. The van der Waals surface area contributed by atoms with Gasteiger partial charge in [-0.15, -0.1) is 11.3 Å². The number of hydrogen-bond donors (Lipinski definition) is 2. The Morgan fingerprint density at radius 2 is 1.95 bits per heavy atom. The minimum Gasteiger partial charge on any atom is -0.387 e. The molecule has 2 rings (SSSR count). The van der Waals surface area contributed by atoms with Gasteiger partial charge in [0, 0.05) is 12.6 Å². The summed E-state index contributed by atoms with van der Waals surface area (Å²) >= 11 is 13.4. The SMILES string of the molecule is CC(NCC(O)c1ccccc1)c1cc(Cl)sc1Cl. The van der Waals surface area contributed by atoms with E-state index in [1.165, 1.54) is 11.3 Å². The number of benzene rings is 1. The molecule has 0 aliphatic rings. The van der Waals surface area contributed by atoms with Gasteiger partial charge in [-0.25, -0.2) is 0 Å². The maximum atomic E-state index is 10.1. The fraction of sp³-hybridized carbons (Fsp3) is 0.286. The maximum absolute atomic E-state index is 10.1. The van der Waals surface area contributed by atoms with Crippen molar-refractivity contribution in [1.82, 2.24) is 5.32 Å². The lowest BCUT2D eigenvalue weighted by molar-refractivity contribution is 0.171. The Hall–Kier alpha value is -0.580. The van der Waals surface area contributed by atoms with E-state index >= 15 is 0 Å². The molecule has 0 aliphatic heterocycles. The van der Waals surface area contributed by atoms with Crippen LogP contribution < -0.4 is 5.32 Å². The van der Waals surface area contributed by atoms with Crippen LogP contribution in [0, 0.1) is 0 Å². The number of halogens is 2. The highest BCUT2D eigenvalue weighted by molar-refractivity contribution is 7.20. The molecule has 1 heterocycles. The summed E-state index contributed by atoms with van der Waals surface area (Å²) in [7, 11) is 0. The van der Waals surface area contributed by atoms with E-state index in [0.717, 1.165) is 11.1 Å². The van der Waals surface area contributed by atoms with Crippen molar-refractivity contribution in [3.8, 4) is 0 Å². The Balaban J connectivity index is 1.94. The summed E-state index contributed by atoms with van der Waals surface area (Å²) < 4.78 is 1.37. The second kappa shape index (κ2) is 6.73. The van der Waals surface area contributed by atoms with Crippen LogP contribution in [-0.2, 0) is 0 Å². The molecule has 0 aliphatic carbocycles. The number of thiophene rings is 1. The summed E-state index contributed by atoms with van der Waals surface area (Å²) in [4.78, 5) is 0. The van der Waals surface area contributed by atoms with E-state index in [2.05, 4.69) is 5.32 Å².